The number of ether oxygens (including phenoxy) is 3. The van der Waals surface area contributed by atoms with Crippen LogP contribution in [0.2, 0.25) is 0 Å². The first-order chi connectivity index (χ1) is 13.7. The van der Waals surface area contributed by atoms with Crippen LogP contribution in [0.25, 0.3) is 0 Å². The van der Waals surface area contributed by atoms with Crippen LogP contribution in [0, 0.1) is 0 Å². The Bertz CT molecular complexity index is 940. The maximum atomic E-state index is 12.3. The molecular weight excluding hydrogens is 419 g/mol. The van der Waals surface area contributed by atoms with Gasteiger partial charge in [-0.25, -0.2) is 4.79 Å². The molecule has 12 heteroatoms. The highest BCUT2D eigenvalue weighted by atomic mass is 31.2. The van der Waals surface area contributed by atoms with E-state index in [1.165, 1.54) is 16.8 Å². The zero-order valence-electron chi connectivity index (χ0n) is 17.6. The van der Waals surface area contributed by atoms with Crippen molar-refractivity contribution >= 4 is 7.60 Å². The van der Waals surface area contributed by atoms with Crippen molar-refractivity contribution < 1.29 is 33.3 Å². The first kappa shape index (κ1) is 23.3. The maximum absolute atomic E-state index is 12.3. The number of aromatic nitrogens is 2. The number of aliphatic hydroxyl groups is 1. The van der Waals surface area contributed by atoms with Crippen LogP contribution in [-0.4, -0.2) is 55.1 Å². The number of rotatable bonds is 7. The Morgan fingerprint density at radius 1 is 1.33 bits per heavy atom. The van der Waals surface area contributed by atoms with Crippen molar-refractivity contribution in [3.8, 4) is 0 Å². The molecule has 0 aromatic carbocycles. The third-order valence-corrected chi connectivity index (χ3v) is 6.94. The summed E-state index contributed by atoms with van der Waals surface area (Å²) >= 11 is 0. The predicted octanol–water partition coefficient (Wildman–Crippen LogP) is 1.05. The summed E-state index contributed by atoms with van der Waals surface area (Å²) in [6, 6.07) is 1.20. The van der Waals surface area contributed by atoms with Gasteiger partial charge in [0.25, 0.3) is 5.56 Å². The lowest BCUT2D eigenvalue weighted by Crippen LogP contribution is -2.37. The molecule has 3 heterocycles. The number of aliphatic hydroxyl groups excluding tert-OH is 1. The van der Waals surface area contributed by atoms with Crippen LogP contribution in [-0.2, 0) is 23.3 Å². The Balaban J connectivity index is 1.85. The van der Waals surface area contributed by atoms with Crippen LogP contribution in [0.4, 0.5) is 0 Å². The molecule has 1 aromatic heterocycles. The van der Waals surface area contributed by atoms with Gasteiger partial charge >= 0.3 is 13.3 Å². The Kier molecular flexibility index (Phi) is 6.21. The summed E-state index contributed by atoms with van der Waals surface area (Å²) in [5.41, 5.74) is -2.34. The molecule has 6 atom stereocenters. The molecule has 30 heavy (non-hydrogen) atoms. The SMILES string of the molecule is CCC(O)P(=O)(O)OC(C)(C)C[C@H]1O[C@@H](n2ccc(=O)[nH]c2=O)[C@@H]2OC(C)(C)O[C@@H]21. The van der Waals surface area contributed by atoms with E-state index in [-0.39, 0.29) is 12.8 Å². The fourth-order valence-electron chi connectivity index (χ4n) is 3.84. The number of hydrogen-bond donors (Lipinski definition) is 3. The van der Waals surface area contributed by atoms with Crippen molar-refractivity contribution in [2.45, 2.75) is 89.2 Å². The molecule has 3 N–H and O–H groups in total. The largest absolute Gasteiger partial charge is 0.380 e. The minimum Gasteiger partial charge on any atom is -0.380 e. The van der Waals surface area contributed by atoms with Crippen molar-refractivity contribution in [1.82, 2.24) is 9.55 Å². The molecule has 2 fully saturated rings. The third-order valence-electron chi connectivity index (χ3n) is 5.06. The zero-order valence-corrected chi connectivity index (χ0v) is 18.5. The molecule has 0 radical (unpaired) electrons. The molecule has 2 unspecified atom stereocenters. The molecule has 2 aliphatic heterocycles. The topological polar surface area (TPSA) is 149 Å². The highest BCUT2D eigenvalue weighted by molar-refractivity contribution is 7.53. The average molecular weight is 448 g/mol. The minimum atomic E-state index is -4.27. The van der Waals surface area contributed by atoms with Gasteiger partial charge in [0.05, 0.1) is 11.7 Å². The molecule has 11 nitrogen and oxygen atoms in total. The molecule has 2 saturated heterocycles. The van der Waals surface area contributed by atoms with Gasteiger partial charge in [-0.3, -0.25) is 18.9 Å². The van der Waals surface area contributed by atoms with Crippen LogP contribution in [0.3, 0.4) is 0 Å². The van der Waals surface area contributed by atoms with Crippen molar-refractivity contribution in [1.29, 1.82) is 0 Å². The Labute approximate surface area is 173 Å². The van der Waals surface area contributed by atoms with E-state index in [0.29, 0.717) is 0 Å². The molecule has 0 bridgehead atoms. The van der Waals surface area contributed by atoms with Crippen molar-refractivity contribution in [2.24, 2.45) is 0 Å². The predicted molar refractivity (Wildman–Crippen MR) is 105 cm³/mol. The van der Waals surface area contributed by atoms with E-state index in [2.05, 4.69) is 4.98 Å². The summed E-state index contributed by atoms with van der Waals surface area (Å²) < 4.78 is 36.9. The Morgan fingerprint density at radius 3 is 2.57 bits per heavy atom. The highest BCUT2D eigenvalue weighted by Crippen LogP contribution is 2.53. The standard InChI is InChI=1S/C18H29N2O9P/c1-6-12(22)30(24,25)29-17(2,3)9-10-13-14(28-18(4,5)27-13)15(26-10)20-8-7-11(21)19-16(20)23/h7-8,10,12-15,22H,6,9H2,1-5H3,(H,24,25)(H,19,21,23)/t10-,12?,13-,14-,15-/m1/s1. The molecule has 0 amide bonds. The van der Waals surface area contributed by atoms with Crippen LogP contribution < -0.4 is 11.2 Å². The van der Waals surface area contributed by atoms with Gasteiger partial charge in [0.15, 0.2) is 17.9 Å². The van der Waals surface area contributed by atoms with Gasteiger partial charge in [-0.05, 0) is 34.1 Å². The number of nitrogens with one attached hydrogen (secondary N) is 1. The minimum absolute atomic E-state index is 0.0663. The molecular formula is C18H29N2O9P. The van der Waals surface area contributed by atoms with Crippen LogP contribution in [0.1, 0.15) is 53.7 Å². The lowest BCUT2D eigenvalue weighted by molar-refractivity contribution is -0.201. The lowest BCUT2D eigenvalue weighted by Gasteiger charge is -2.33. The Hall–Kier alpha value is -1.33. The first-order valence-corrected chi connectivity index (χ1v) is 11.4. The van der Waals surface area contributed by atoms with Crippen LogP contribution in [0.15, 0.2) is 21.9 Å². The second-order valence-electron chi connectivity index (χ2n) is 8.66. The third kappa shape index (κ3) is 4.77. The zero-order chi connectivity index (χ0) is 22.5. The molecule has 3 rings (SSSR count). The van der Waals surface area contributed by atoms with E-state index in [1.54, 1.807) is 34.6 Å². The lowest BCUT2D eigenvalue weighted by atomic mass is 9.97. The normalized spacial score (nSPS) is 31.3. The van der Waals surface area contributed by atoms with Gasteiger partial charge in [-0.15, -0.1) is 0 Å². The number of aromatic amines is 1. The number of H-pyrrole nitrogens is 1. The Morgan fingerprint density at radius 2 is 1.97 bits per heavy atom. The second-order valence-corrected chi connectivity index (χ2v) is 10.6. The molecule has 170 valence electrons. The van der Waals surface area contributed by atoms with Gasteiger partial charge < -0.3 is 28.7 Å². The average Bonchev–Trinajstić information content (AvgIpc) is 3.07. The summed E-state index contributed by atoms with van der Waals surface area (Å²) in [4.78, 5) is 35.9. The van der Waals surface area contributed by atoms with Crippen molar-refractivity contribution in [3.63, 3.8) is 0 Å². The quantitative estimate of drug-likeness (QED) is 0.520. The molecule has 1 aromatic rings. The van der Waals surface area contributed by atoms with Gasteiger partial charge in [0.2, 0.25) is 0 Å². The summed E-state index contributed by atoms with van der Waals surface area (Å²) in [6.45, 7) is 8.26. The first-order valence-electron chi connectivity index (χ1n) is 9.78. The molecule has 0 spiro atoms. The van der Waals surface area contributed by atoms with Crippen LogP contribution >= 0.6 is 7.60 Å². The number of nitrogens with zero attached hydrogens (tertiary/aromatic N) is 1. The van der Waals surface area contributed by atoms with E-state index in [9.17, 15) is 24.2 Å². The van der Waals surface area contributed by atoms with E-state index >= 15 is 0 Å². The van der Waals surface area contributed by atoms with Gasteiger partial charge in [0, 0.05) is 18.7 Å². The van der Waals surface area contributed by atoms with E-state index < -0.39 is 60.6 Å². The number of fused-ring (bicyclic) bond motifs is 1. The molecule has 0 aliphatic carbocycles. The van der Waals surface area contributed by atoms with Crippen molar-refractivity contribution in [2.75, 3.05) is 0 Å². The highest BCUT2D eigenvalue weighted by Gasteiger charge is 2.57. The van der Waals surface area contributed by atoms with Gasteiger partial charge in [-0.1, -0.05) is 6.92 Å². The number of hydrogen-bond acceptors (Lipinski definition) is 8. The maximum Gasteiger partial charge on any atom is 0.356 e. The van der Waals surface area contributed by atoms with Gasteiger partial charge in [-0.2, -0.15) is 0 Å². The summed E-state index contributed by atoms with van der Waals surface area (Å²) in [6.07, 6.45) is -1.23. The van der Waals surface area contributed by atoms with Crippen molar-refractivity contribution in [3.05, 3.63) is 33.1 Å². The van der Waals surface area contributed by atoms with Gasteiger partial charge in [0.1, 0.15) is 12.2 Å². The summed E-state index contributed by atoms with van der Waals surface area (Å²) in [5.74, 6) is -2.43. The summed E-state index contributed by atoms with van der Waals surface area (Å²) in [7, 11) is -4.27. The monoisotopic (exact) mass is 448 g/mol. The van der Waals surface area contributed by atoms with E-state index in [0.717, 1.165) is 0 Å². The smallest absolute Gasteiger partial charge is 0.356 e. The van der Waals surface area contributed by atoms with E-state index in [1.807, 2.05) is 0 Å². The summed E-state index contributed by atoms with van der Waals surface area (Å²) in [5, 5.41) is 9.79. The second kappa shape index (κ2) is 7.98. The fourth-order valence-corrected chi connectivity index (χ4v) is 5.21. The fraction of sp³-hybridized carbons (Fsp3) is 0.778. The molecule has 0 saturated carbocycles. The van der Waals surface area contributed by atoms with E-state index in [4.69, 9.17) is 18.7 Å². The molecule has 2 aliphatic rings. The van der Waals surface area contributed by atoms with Crippen LogP contribution in [0.5, 0.6) is 0 Å².